The predicted octanol–water partition coefficient (Wildman–Crippen LogP) is 5.01. The van der Waals surface area contributed by atoms with E-state index in [2.05, 4.69) is 10.3 Å². The van der Waals surface area contributed by atoms with Crippen molar-refractivity contribution in [3.63, 3.8) is 0 Å². The lowest BCUT2D eigenvalue weighted by Gasteiger charge is -2.07. The van der Waals surface area contributed by atoms with Gasteiger partial charge in [-0.25, -0.2) is 10.2 Å². The van der Waals surface area contributed by atoms with Crippen LogP contribution in [0.2, 0.25) is 0 Å². The van der Waals surface area contributed by atoms with Crippen molar-refractivity contribution in [2.75, 3.05) is 0 Å². The number of thiophene rings is 1. The van der Waals surface area contributed by atoms with E-state index in [1.165, 1.54) is 11.3 Å². The number of amides is 1. The maximum absolute atomic E-state index is 13.8. The van der Waals surface area contributed by atoms with Gasteiger partial charge in [-0.05, 0) is 91.6 Å². The maximum atomic E-state index is 13.8. The summed E-state index contributed by atoms with van der Waals surface area (Å²) < 4.78 is 2.43. The van der Waals surface area contributed by atoms with E-state index in [4.69, 9.17) is 5.21 Å². The quantitative estimate of drug-likeness (QED) is 0.0913. The third-order valence-corrected chi connectivity index (χ3v) is 7.38. The average molecular weight is 529 g/mol. The van der Waals surface area contributed by atoms with Gasteiger partial charge in [0.25, 0.3) is 0 Å². The Kier molecular flexibility index (Phi) is 7.16. The minimum absolute atomic E-state index is 0.127. The largest absolute Gasteiger partial charge is 0.508 e. The van der Waals surface area contributed by atoms with Crippen LogP contribution in [0.4, 0.5) is 0 Å². The van der Waals surface area contributed by atoms with E-state index in [9.17, 15) is 19.8 Å². The van der Waals surface area contributed by atoms with Gasteiger partial charge in [0.2, 0.25) is 5.91 Å². The van der Waals surface area contributed by atoms with E-state index in [1.807, 2.05) is 6.20 Å². The van der Waals surface area contributed by atoms with Gasteiger partial charge in [0.15, 0.2) is 5.78 Å². The molecule has 3 aromatic carbocycles. The second kappa shape index (κ2) is 10.8. The number of unbranched alkanes of at least 4 members (excludes halogenated alkanes) is 1. The number of phenols is 2. The molecule has 0 unspecified atom stereocenters. The lowest BCUT2D eigenvalue weighted by molar-refractivity contribution is -0.129. The molecule has 5 rings (SSSR count). The molecule has 4 N–H and O–H groups in total. The van der Waals surface area contributed by atoms with E-state index in [0.29, 0.717) is 24.0 Å². The molecule has 5 aromatic rings. The van der Waals surface area contributed by atoms with Crippen LogP contribution in [0.25, 0.3) is 26.2 Å². The van der Waals surface area contributed by atoms with Gasteiger partial charge >= 0.3 is 0 Å². The Balaban J connectivity index is 1.38. The molecule has 2 aromatic heterocycles. The molecule has 192 valence electrons. The Morgan fingerprint density at radius 2 is 1.66 bits per heavy atom. The van der Waals surface area contributed by atoms with Crippen molar-refractivity contribution in [3.8, 4) is 27.6 Å². The number of hydrogen-bond donors (Lipinski definition) is 4. The van der Waals surface area contributed by atoms with Crippen LogP contribution in [0.3, 0.4) is 0 Å². The van der Waals surface area contributed by atoms with Crippen LogP contribution in [-0.4, -0.2) is 42.1 Å². The number of aromatic nitrogens is 3. The normalized spacial score (nSPS) is 11.1. The first-order chi connectivity index (χ1) is 18.4. The molecule has 0 spiro atoms. The van der Waals surface area contributed by atoms with Crippen LogP contribution in [0.1, 0.15) is 40.9 Å². The third kappa shape index (κ3) is 5.26. The highest BCUT2D eigenvalue weighted by molar-refractivity contribution is 7.22. The van der Waals surface area contributed by atoms with E-state index < -0.39 is 5.91 Å². The summed E-state index contributed by atoms with van der Waals surface area (Å²) in [4.78, 5) is 25.6. The molecule has 0 saturated carbocycles. The van der Waals surface area contributed by atoms with Gasteiger partial charge in [-0.1, -0.05) is 5.21 Å². The average Bonchev–Trinajstić information content (AvgIpc) is 3.56. The molecule has 0 atom stereocenters. The predicted molar refractivity (Wildman–Crippen MR) is 143 cm³/mol. The molecule has 0 radical (unpaired) electrons. The van der Waals surface area contributed by atoms with E-state index >= 15 is 0 Å². The minimum Gasteiger partial charge on any atom is -0.508 e. The zero-order valence-corrected chi connectivity index (χ0v) is 21.0. The number of aromatic hydroxyl groups is 2. The summed E-state index contributed by atoms with van der Waals surface area (Å²) in [5.74, 6) is -0.293. The van der Waals surface area contributed by atoms with Crippen molar-refractivity contribution < 1.29 is 25.0 Å². The molecule has 9 nitrogen and oxygen atoms in total. The smallest absolute Gasteiger partial charge is 0.243 e. The highest BCUT2D eigenvalue weighted by Gasteiger charge is 2.22. The first-order valence-electron chi connectivity index (χ1n) is 12.0. The van der Waals surface area contributed by atoms with Gasteiger partial charge in [0, 0.05) is 32.5 Å². The highest BCUT2D eigenvalue weighted by Crippen LogP contribution is 2.41. The third-order valence-electron chi connectivity index (χ3n) is 6.18. The van der Waals surface area contributed by atoms with Gasteiger partial charge in [-0.15, -0.1) is 16.4 Å². The summed E-state index contributed by atoms with van der Waals surface area (Å²) in [7, 11) is 0. The van der Waals surface area contributed by atoms with Crippen molar-refractivity contribution in [3.05, 3.63) is 89.7 Å². The Morgan fingerprint density at radius 1 is 0.921 bits per heavy atom. The van der Waals surface area contributed by atoms with Crippen LogP contribution in [0.15, 0.2) is 72.9 Å². The lowest BCUT2D eigenvalue weighted by Crippen LogP contribution is -2.17. The number of nitrogens with one attached hydrogen (secondary N) is 1. The van der Waals surface area contributed by atoms with Gasteiger partial charge < -0.3 is 10.2 Å². The molecule has 0 aliphatic heterocycles. The summed E-state index contributed by atoms with van der Waals surface area (Å²) in [5.41, 5.74) is 5.00. The van der Waals surface area contributed by atoms with Crippen LogP contribution in [0, 0.1) is 0 Å². The molecule has 1 amide bonds. The number of carbonyl (C=O) groups excluding carboxylic acids is 2. The van der Waals surface area contributed by atoms with Gasteiger partial charge in [-0.3, -0.25) is 14.8 Å². The van der Waals surface area contributed by atoms with Gasteiger partial charge in [-0.2, -0.15) is 0 Å². The molecule has 0 saturated heterocycles. The van der Waals surface area contributed by atoms with E-state index in [-0.39, 0.29) is 23.7 Å². The Hall–Kier alpha value is -4.54. The van der Waals surface area contributed by atoms with Crippen LogP contribution >= 0.6 is 11.3 Å². The zero-order valence-electron chi connectivity index (χ0n) is 20.2. The number of aryl methyl sites for hydroxylation is 1. The summed E-state index contributed by atoms with van der Waals surface area (Å²) >= 11 is 1.41. The minimum atomic E-state index is -0.410. The molecule has 38 heavy (non-hydrogen) atoms. The van der Waals surface area contributed by atoms with Gasteiger partial charge in [0.05, 0.1) is 17.6 Å². The molecule has 10 heteroatoms. The second-order valence-electron chi connectivity index (χ2n) is 8.81. The number of rotatable bonds is 9. The fraction of sp³-hybridized carbons (Fsp3) is 0.143. The Bertz CT molecular complexity index is 1610. The highest BCUT2D eigenvalue weighted by atomic mass is 32.1. The maximum Gasteiger partial charge on any atom is 0.243 e. The van der Waals surface area contributed by atoms with E-state index in [1.54, 1.807) is 76.9 Å². The molecule has 0 fully saturated rings. The fourth-order valence-electron chi connectivity index (χ4n) is 4.22. The number of fused-ring (bicyclic) bond motifs is 1. The molecule has 0 aliphatic rings. The monoisotopic (exact) mass is 528 g/mol. The summed E-state index contributed by atoms with van der Waals surface area (Å²) in [6.45, 7) is 0. The summed E-state index contributed by atoms with van der Waals surface area (Å²) in [6.07, 6.45) is 4.06. The SMILES string of the molecule is O=C(CCCCc1cn(-c2ccc(C(=O)c3c(-c4ccc(O)cc4)sc4cc(O)ccc34)cc2)nn1)NO. The zero-order chi connectivity index (χ0) is 26.6. The van der Waals surface area contributed by atoms with E-state index in [0.717, 1.165) is 38.3 Å². The molecule has 2 heterocycles. The number of hydrogen-bond acceptors (Lipinski definition) is 8. The standard InChI is InChI=1S/C28H24N4O5S/c33-21-11-7-18(8-12-21)28-26(23-14-13-22(34)15-24(23)38-28)27(36)17-5-9-20(10-6-17)32-16-19(29-31-32)3-1-2-4-25(35)30-37/h5-16,33-34,37H,1-4H2,(H,30,35). The van der Waals surface area contributed by atoms with Crippen molar-refractivity contribution in [2.24, 2.45) is 0 Å². The first-order valence-corrected chi connectivity index (χ1v) is 12.8. The fourth-order valence-corrected chi connectivity index (χ4v) is 5.46. The number of nitrogens with zero attached hydrogens (tertiary/aromatic N) is 3. The van der Waals surface area contributed by atoms with Crippen LogP contribution in [-0.2, 0) is 11.2 Å². The van der Waals surface area contributed by atoms with Crippen molar-refractivity contribution in [2.45, 2.75) is 25.7 Å². The van der Waals surface area contributed by atoms with Crippen LogP contribution in [0.5, 0.6) is 11.5 Å². The lowest BCUT2D eigenvalue weighted by atomic mass is 9.97. The number of carbonyl (C=O) groups is 2. The summed E-state index contributed by atoms with van der Waals surface area (Å²) in [5, 5.41) is 37.3. The molecular formula is C28H24N4O5S. The summed E-state index contributed by atoms with van der Waals surface area (Å²) in [6, 6.07) is 18.8. The van der Waals surface area contributed by atoms with Crippen molar-refractivity contribution in [1.29, 1.82) is 0 Å². The van der Waals surface area contributed by atoms with Crippen molar-refractivity contribution >= 4 is 33.1 Å². The number of benzene rings is 3. The number of hydroxylamine groups is 1. The first kappa shape index (κ1) is 25.1. The Labute approximate surface area is 221 Å². The van der Waals surface area contributed by atoms with Crippen molar-refractivity contribution in [1.82, 2.24) is 20.5 Å². The van der Waals surface area contributed by atoms with Gasteiger partial charge in [0.1, 0.15) is 11.5 Å². The number of ketones is 1. The van der Waals surface area contributed by atoms with Crippen LogP contribution < -0.4 is 5.48 Å². The molecule has 0 aliphatic carbocycles. The number of phenolic OH excluding ortho intramolecular Hbond substituents is 2. The Morgan fingerprint density at radius 3 is 2.39 bits per heavy atom. The second-order valence-corrected chi connectivity index (χ2v) is 9.86. The topological polar surface area (TPSA) is 138 Å². The molecular weight excluding hydrogens is 504 g/mol. The molecule has 0 bridgehead atoms.